The van der Waals surface area contributed by atoms with Crippen LogP contribution in [0.4, 0.5) is 4.39 Å². The Morgan fingerprint density at radius 1 is 1.35 bits per heavy atom. The molecule has 1 unspecified atom stereocenters. The van der Waals surface area contributed by atoms with Gasteiger partial charge in [0, 0.05) is 13.1 Å². The number of para-hydroxylation sites is 1. The van der Waals surface area contributed by atoms with Crippen molar-refractivity contribution in [3.63, 3.8) is 0 Å². The molecule has 0 N–H and O–H groups in total. The third-order valence-electron chi connectivity index (χ3n) is 4.19. The highest BCUT2D eigenvalue weighted by atomic mass is 32.1. The van der Waals surface area contributed by atoms with Gasteiger partial charge in [0.05, 0.1) is 13.0 Å². The van der Waals surface area contributed by atoms with E-state index in [0.717, 1.165) is 31.5 Å². The molecule has 2 aromatic rings. The number of carbonyl (C=O) groups is 1. The maximum absolute atomic E-state index is 13.5. The summed E-state index contributed by atoms with van der Waals surface area (Å²) >= 11 is 1.62. The van der Waals surface area contributed by atoms with Gasteiger partial charge < -0.3 is 9.64 Å². The van der Waals surface area contributed by atoms with Crippen LogP contribution in [0.5, 0.6) is 5.75 Å². The molecule has 2 heterocycles. The molecule has 0 aliphatic carbocycles. The Hall–Kier alpha value is -1.88. The van der Waals surface area contributed by atoms with E-state index in [2.05, 4.69) is 0 Å². The summed E-state index contributed by atoms with van der Waals surface area (Å²) in [6.45, 7) is 2.08. The highest BCUT2D eigenvalue weighted by Crippen LogP contribution is 2.22. The number of halogens is 1. The molecule has 1 aromatic heterocycles. The van der Waals surface area contributed by atoms with Crippen LogP contribution < -0.4 is 4.74 Å². The van der Waals surface area contributed by atoms with Gasteiger partial charge in [-0.3, -0.25) is 4.79 Å². The third-order valence-corrected chi connectivity index (χ3v) is 4.93. The Bertz CT molecular complexity index is 644. The van der Waals surface area contributed by atoms with Crippen molar-refractivity contribution in [1.29, 1.82) is 0 Å². The molecule has 0 bridgehead atoms. The first-order valence-corrected chi connectivity index (χ1v) is 8.83. The summed E-state index contributed by atoms with van der Waals surface area (Å²) in [5.74, 6) is 0.608. The van der Waals surface area contributed by atoms with Crippen LogP contribution in [0.3, 0.4) is 0 Å². The van der Waals surface area contributed by atoms with E-state index in [1.807, 2.05) is 21.7 Å². The maximum Gasteiger partial charge on any atom is 0.227 e. The van der Waals surface area contributed by atoms with E-state index in [-0.39, 0.29) is 11.7 Å². The van der Waals surface area contributed by atoms with Crippen LogP contribution in [-0.4, -0.2) is 30.5 Å². The first-order valence-electron chi connectivity index (χ1n) is 7.88. The number of thiophene rings is 1. The first kappa shape index (κ1) is 16.0. The molecule has 23 heavy (non-hydrogen) atoms. The van der Waals surface area contributed by atoms with Gasteiger partial charge in [0.15, 0.2) is 11.6 Å². The summed E-state index contributed by atoms with van der Waals surface area (Å²) in [6, 6.07) is 8.45. The number of ether oxygens (including phenoxy) is 1. The summed E-state index contributed by atoms with van der Waals surface area (Å²) in [4.78, 5) is 14.2. The highest BCUT2D eigenvalue weighted by Gasteiger charge is 2.26. The van der Waals surface area contributed by atoms with Crippen molar-refractivity contribution in [1.82, 2.24) is 4.90 Å². The predicted molar refractivity (Wildman–Crippen MR) is 89.2 cm³/mol. The molecule has 0 saturated carbocycles. The zero-order valence-corrected chi connectivity index (χ0v) is 13.7. The second-order valence-electron chi connectivity index (χ2n) is 5.87. The van der Waals surface area contributed by atoms with Crippen molar-refractivity contribution < 1.29 is 13.9 Å². The van der Waals surface area contributed by atoms with Crippen LogP contribution in [0.1, 0.15) is 18.4 Å². The van der Waals surface area contributed by atoms with E-state index in [1.165, 1.54) is 6.07 Å². The summed E-state index contributed by atoms with van der Waals surface area (Å²) < 4.78 is 19.0. The lowest BCUT2D eigenvalue weighted by atomic mass is 10.1. The van der Waals surface area contributed by atoms with Crippen molar-refractivity contribution in [3.05, 3.63) is 52.5 Å². The Kier molecular flexibility index (Phi) is 5.28. The average molecular weight is 333 g/mol. The van der Waals surface area contributed by atoms with Gasteiger partial charge in [0.1, 0.15) is 0 Å². The number of hydrogen-bond donors (Lipinski definition) is 0. The molecule has 1 aliphatic rings. The second kappa shape index (κ2) is 7.59. The average Bonchev–Trinajstić information content (AvgIpc) is 3.21. The lowest BCUT2D eigenvalue weighted by Gasteiger charge is -2.16. The predicted octanol–water partition coefficient (Wildman–Crippen LogP) is 3.75. The largest absolute Gasteiger partial charge is 0.491 e. The number of hydrogen-bond acceptors (Lipinski definition) is 3. The van der Waals surface area contributed by atoms with Crippen LogP contribution in [0.15, 0.2) is 41.1 Å². The molecule has 0 spiro atoms. The molecular weight excluding hydrogens is 313 g/mol. The number of carbonyl (C=O) groups excluding carboxylic acids is 1. The van der Waals surface area contributed by atoms with E-state index in [4.69, 9.17) is 4.74 Å². The van der Waals surface area contributed by atoms with Gasteiger partial charge in [-0.15, -0.1) is 0 Å². The monoisotopic (exact) mass is 333 g/mol. The van der Waals surface area contributed by atoms with E-state index in [1.54, 1.807) is 29.5 Å². The minimum absolute atomic E-state index is 0.195. The second-order valence-corrected chi connectivity index (χ2v) is 6.65. The SMILES string of the molecule is O=C(Cc1ccsc1)N1CCC(CCOc2ccccc2F)C1. The Labute approximate surface area is 139 Å². The van der Waals surface area contributed by atoms with Crippen LogP contribution >= 0.6 is 11.3 Å². The van der Waals surface area contributed by atoms with Crippen molar-refractivity contribution in [2.45, 2.75) is 19.3 Å². The highest BCUT2D eigenvalue weighted by molar-refractivity contribution is 7.07. The molecule has 1 amide bonds. The fourth-order valence-corrected chi connectivity index (χ4v) is 3.54. The molecule has 5 heteroatoms. The molecular formula is C18H20FNO2S. The summed E-state index contributed by atoms with van der Waals surface area (Å²) in [5, 5.41) is 4.02. The molecule has 1 aromatic carbocycles. The molecule has 1 fully saturated rings. The van der Waals surface area contributed by atoms with Gasteiger partial charge in [-0.2, -0.15) is 11.3 Å². The fourth-order valence-electron chi connectivity index (χ4n) is 2.87. The zero-order chi connectivity index (χ0) is 16.1. The quantitative estimate of drug-likeness (QED) is 0.806. The first-order chi connectivity index (χ1) is 11.2. The van der Waals surface area contributed by atoms with Gasteiger partial charge in [-0.1, -0.05) is 12.1 Å². The molecule has 1 atom stereocenters. The van der Waals surface area contributed by atoms with E-state index in [9.17, 15) is 9.18 Å². The van der Waals surface area contributed by atoms with Crippen LogP contribution in [0, 0.1) is 11.7 Å². The van der Waals surface area contributed by atoms with E-state index >= 15 is 0 Å². The number of amides is 1. The lowest BCUT2D eigenvalue weighted by Crippen LogP contribution is -2.30. The van der Waals surface area contributed by atoms with E-state index in [0.29, 0.717) is 24.7 Å². The third kappa shape index (κ3) is 4.32. The minimum atomic E-state index is -0.327. The van der Waals surface area contributed by atoms with Gasteiger partial charge in [-0.05, 0) is 53.3 Å². The maximum atomic E-state index is 13.5. The van der Waals surface area contributed by atoms with Gasteiger partial charge in [0.25, 0.3) is 0 Å². The Balaban J connectivity index is 1.41. The number of nitrogens with zero attached hydrogens (tertiary/aromatic N) is 1. The van der Waals surface area contributed by atoms with Crippen LogP contribution in [0.2, 0.25) is 0 Å². The topological polar surface area (TPSA) is 29.5 Å². The molecule has 3 nitrogen and oxygen atoms in total. The minimum Gasteiger partial charge on any atom is -0.491 e. The smallest absolute Gasteiger partial charge is 0.227 e. The lowest BCUT2D eigenvalue weighted by molar-refractivity contribution is -0.129. The summed E-state index contributed by atoms with van der Waals surface area (Å²) in [5.41, 5.74) is 1.09. The van der Waals surface area contributed by atoms with Gasteiger partial charge >= 0.3 is 0 Å². The Morgan fingerprint density at radius 2 is 2.22 bits per heavy atom. The number of benzene rings is 1. The van der Waals surface area contributed by atoms with Crippen molar-refractivity contribution in [2.75, 3.05) is 19.7 Å². The molecule has 0 radical (unpaired) electrons. The molecule has 1 saturated heterocycles. The summed E-state index contributed by atoms with van der Waals surface area (Å²) in [6.07, 6.45) is 2.33. The normalized spacial score (nSPS) is 17.4. The van der Waals surface area contributed by atoms with Gasteiger partial charge in [0.2, 0.25) is 5.91 Å². The standard InChI is InChI=1S/C18H20FNO2S/c19-16-3-1-2-4-17(16)22-9-6-14-5-8-20(12-14)18(21)11-15-7-10-23-13-15/h1-4,7,10,13-14H,5-6,8-9,11-12H2. The molecule has 122 valence electrons. The van der Waals surface area contributed by atoms with Crippen molar-refractivity contribution in [2.24, 2.45) is 5.92 Å². The Morgan fingerprint density at radius 3 is 3.00 bits per heavy atom. The molecule has 1 aliphatic heterocycles. The van der Waals surface area contributed by atoms with Crippen LogP contribution in [-0.2, 0) is 11.2 Å². The summed E-state index contributed by atoms with van der Waals surface area (Å²) in [7, 11) is 0. The molecule has 3 rings (SSSR count). The number of rotatable bonds is 6. The van der Waals surface area contributed by atoms with Crippen molar-refractivity contribution in [3.8, 4) is 5.75 Å². The van der Waals surface area contributed by atoms with Crippen molar-refractivity contribution >= 4 is 17.2 Å². The zero-order valence-electron chi connectivity index (χ0n) is 12.9. The fraction of sp³-hybridized carbons (Fsp3) is 0.389. The number of likely N-dealkylation sites (tertiary alicyclic amines) is 1. The van der Waals surface area contributed by atoms with Crippen LogP contribution in [0.25, 0.3) is 0 Å². The van der Waals surface area contributed by atoms with Gasteiger partial charge in [-0.25, -0.2) is 4.39 Å². The van der Waals surface area contributed by atoms with E-state index < -0.39 is 0 Å².